The molecule has 0 aromatic heterocycles. The number of urea groups is 1. The molecule has 3 amide bonds. The zero-order valence-corrected chi connectivity index (χ0v) is 16.2. The quantitative estimate of drug-likeness (QED) is 0.813. The van der Waals surface area contributed by atoms with Gasteiger partial charge in [-0.25, -0.2) is 9.59 Å². The fraction of sp³-hybridized carbons (Fsp3) is 0.227. The average molecular weight is 391 g/mol. The normalized spacial score (nSPS) is 18.6. The van der Waals surface area contributed by atoms with Crippen LogP contribution in [-0.2, 0) is 9.53 Å². The number of hydrogen-bond donors (Lipinski definition) is 1. The van der Waals surface area contributed by atoms with Crippen molar-refractivity contribution >= 4 is 23.6 Å². The number of ether oxygens (including phenoxy) is 1. The van der Waals surface area contributed by atoms with Crippen LogP contribution in [0.15, 0.2) is 65.9 Å². The molecular weight excluding hydrogens is 370 g/mol. The lowest BCUT2D eigenvalue weighted by molar-refractivity contribution is -0.114. The maximum Gasteiger partial charge on any atom is 0.338 e. The molecule has 2 aromatic rings. The molecule has 0 aliphatic carbocycles. The lowest BCUT2D eigenvalue weighted by atomic mass is 9.96. The van der Waals surface area contributed by atoms with Crippen LogP contribution in [0.2, 0.25) is 0 Å². The first-order valence-electron chi connectivity index (χ1n) is 9.42. The van der Waals surface area contributed by atoms with Crippen molar-refractivity contribution in [1.82, 2.24) is 10.2 Å². The highest BCUT2D eigenvalue weighted by atomic mass is 16.5. The number of hydrogen-bond acceptors (Lipinski definition) is 4. The van der Waals surface area contributed by atoms with Crippen LogP contribution in [0.25, 0.3) is 0 Å². The highest BCUT2D eigenvalue weighted by Gasteiger charge is 2.43. The van der Waals surface area contributed by atoms with Crippen molar-refractivity contribution in [3.8, 4) is 0 Å². The van der Waals surface area contributed by atoms with Gasteiger partial charge in [0.1, 0.15) is 0 Å². The van der Waals surface area contributed by atoms with E-state index in [4.69, 9.17) is 4.74 Å². The van der Waals surface area contributed by atoms with E-state index in [2.05, 4.69) is 5.32 Å². The highest BCUT2D eigenvalue weighted by Crippen LogP contribution is 2.37. The minimum Gasteiger partial charge on any atom is -0.462 e. The minimum atomic E-state index is -0.494. The predicted octanol–water partition coefficient (Wildman–Crippen LogP) is 2.86. The maximum absolute atomic E-state index is 13.3. The van der Waals surface area contributed by atoms with Crippen molar-refractivity contribution in [3.63, 3.8) is 0 Å². The molecule has 0 unspecified atom stereocenters. The summed E-state index contributed by atoms with van der Waals surface area (Å²) in [6, 6.07) is 15.4. The van der Waals surface area contributed by atoms with Gasteiger partial charge in [0.05, 0.1) is 36.0 Å². The van der Waals surface area contributed by atoms with Crippen molar-refractivity contribution < 1.29 is 19.1 Å². The summed E-state index contributed by atoms with van der Waals surface area (Å²) in [4.78, 5) is 40.7. The first kappa shape index (κ1) is 18.7. The molecule has 0 spiro atoms. The van der Waals surface area contributed by atoms with Gasteiger partial charge in [0, 0.05) is 12.7 Å². The Morgan fingerprint density at radius 2 is 1.79 bits per heavy atom. The summed E-state index contributed by atoms with van der Waals surface area (Å²) >= 11 is 0. The molecule has 4 rings (SSSR count). The molecule has 0 radical (unpaired) electrons. The van der Waals surface area contributed by atoms with Gasteiger partial charge in [-0.1, -0.05) is 30.3 Å². The summed E-state index contributed by atoms with van der Waals surface area (Å²) in [5, 5.41) is 2.91. The number of benzene rings is 2. The van der Waals surface area contributed by atoms with Gasteiger partial charge in [-0.05, 0) is 36.8 Å². The molecule has 0 saturated carbocycles. The van der Waals surface area contributed by atoms with E-state index in [1.54, 1.807) is 43.1 Å². The van der Waals surface area contributed by atoms with E-state index in [1.807, 2.05) is 30.3 Å². The molecular formula is C22H21N3O4. The number of amides is 3. The lowest BCUT2D eigenvalue weighted by Gasteiger charge is -2.31. The third kappa shape index (κ3) is 3.24. The number of nitrogens with zero attached hydrogens (tertiary/aromatic N) is 2. The number of carbonyl (C=O) groups excluding carboxylic acids is 3. The van der Waals surface area contributed by atoms with Gasteiger partial charge in [0.2, 0.25) is 0 Å². The van der Waals surface area contributed by atoms with Gasteiger partial charge in [-0.2, -0.15) is 0 Å². The van der Waals surface area contributed by atoms with Crippen LogP contribution in [0.4, 0.5) is 10.5 Å². The zero-order valence-electron chi connectivity index (χ0n) is 16.2. The number of likely N-dealkylation sites (N-methyl/N-ethyl adjacent to an activating group) is 1. The van der Waals surface area contributed by atoms with Crippen molar-refractivity contribution in [2.75, 3.05) is 25.1 Å². The molecule has 2 aliphatic rings. The highest BCUT2D eigenvalue weighted by molar-refractivity contribution is 6.11. The SMILES string of the molecule is CCOC(=O)c1ccc(N2CC3=C(C2=O)[C@@H](c2ccccc2)NC(=O)N3C)cc1. The second-order valence-corrected chi connectivity index (χ2v) is 6.87. The second kappa shape index (κ2) is 7.43. The van der Waals surface area contributed by atoms with Crippen LogP contribution in [0.3, 0.4) is 0 Å². The Hall–Kier alpha value is -3.61. The summed E-state index contributed by atoms with van der Waals surface area (Å²) < 4.78 is 5.00. The van der Waals surface area contributed by atoms with E-state index in [-0.39, 0.29) is 11.9 Å². The third-order valence-electron chi connectivity index (χ3n) is 5.18. The maximum atomic E-state index is 13.3. The molecule has 148 valence electrons. The van der Waals surface area contributed by atoms with Crippen molar-refractivity contribution in [1.29, 1.82) is 0 Å². The number of carbonyl (C=O) groups is 3. The van der Waals surface area contributed by atoms with Gasteiger partial charge in [0.25, 0.3) is 5.91 Å². The monoisotopic (exact) mass is 391 g/mol. The van der Waals surface area contributed by atoms with Crippen LogP contribution in [0.5, 0.6) is 0 Å². The standard InChI is InChI=1S/C22H21N3O4/c1-3-29-21(27)15-9-11-16(12-10-15)25-13-17-18(20(25)26)19(23-22(28)24(17)2)14-7-5-4-6-8-14/h4-12,19H,3,13H2,1-2H3,(H,23,28)/t19-/m1/s1. The summed E-state index contributed by atoms with van der Waals surface area (Å²) in [6.45, 7) is 2.34. The summed E-state index contributed by atoms with van der Waals surface area (Å²) in [5.41, 5.74) is 3.19. The summed E-state index contributed by atoms with van der Waals surface area (Å²) in [5.74, 6) is -0.563. The smallest absolute Gasteiger partial charge is 0.338 e. The topological polar surface area (TPSA) is 79.0 Å². The average Bonchev–Trinajstić information content (AvgIpc) is 3.09. The van der Waals surface area contributed by atoms with E-state index in [0.29, 0.717) is 35.7 Å². The zero-order chi connectivity index (χ0) is 20.5. The Balaban J connectivity index is 1.65. The largest absolute Gasteiger partial charge is 0.462 e. The molecule has 7 heteroatoms. The van der Waals surface area contributed by atoms with Crippen molar-refractivity contribution in [2.24, 2.45) is 0 Å². The van der Waals surface area contributed by atoms with Crippen LogP contribution in [0.1, 0.15) is 28.9 Å². The van der Waals surface area contributed by atoms with Crippen LogP contribution < -0.4 is 10.2 Å². The Kier molecular flexibility index (Phi) is 4.80. The fourth-order valence-corrected chi connectivity index (χ4v) is 3.66. The molecule has 2 heterocycles. The van der Waals surface area contributed by atoms with E-state index in [1.165, 1.54) is 4.90 Å². The number of rotatable bonds is 4. The Morgan fingerprint density at radius 1 is 1.10 bits per heavy atom. The fourth-order valence-electron chi connectivity index (χ4n) is 3.66. The first-order chi connectivity index (χ1) is 14.0. The molecule has 2 aromatic carbocycles. The number of esters is 1. The molecule has 0 fully saturated rings. The van der Waals surface area contributed by atoms with E-state index < -0.39 is 12.0 Å². The van der Waals surface area contributed by atoms with Crippen molar-refractivity contribution in [2.45, 2.75) is 13.0 Å². The number of nitrogens with one attached hydrogen (secondary N) is 1. The molecule has 2 aliphatic heterocycles. The van der Waals surface area contributed by atoms with Gasteiger partial charge in [-0.15, -0.1) is 0 Å². The lowest BCUT2D eigenvalue weighted by Crippen LogP contribution is -2.45. The van der Waals surface area contributed by atoms with Gasteiger partial charge in [0.15, 0.2) is 0 Å². The molecule has 0 saturated heterocycles. The first-order valence-corrected chi connectivity index (χ1v) is 9.42. The molecule has 1 N–H and O–H groups in total. The van der Waals surface area contributed by atoms with Crippen LogP contribution >= 0.6 is 0 Å². The van der Waals surface area contributed by atoms with E-state index >= 15 is 0 Å². The van der Waals surface area contributed by atoms with Crippen molar-refractivity contribution in [3.05, 3.63) is 77.0 Å². The van der Waals surface area contributed by atoms with Gasteiger partial charge >= 0.3 is 12.0 Å². The summed E-state index contributed by atoms with van der Waals surface area (Å²) in [7, 11) is 1.66. The Morgan fingerprint density at radius 3 is 2.45 bits per heavy atom. The predicted molar refractivity (Wildman–Crippen MR) is 107 cm³/mol. The van der Waals surface area contributed by atoms with Gasteiger partial charge < -0.3 is 15.0 Å². The number of anilines is 1. The minimum absolute atomic E-state index is 0.162. The molecule has 1 atom stereocenters. The molecule has 7 nitrogen and oxygen atoms in total. The van der Waals surface area contributed by atoms with E-state index in [9.17, 15) is 14.4 Å². The van der Waals surface area contributed by atoms with E-state index in [0.717, 1.165) is 5.56 Å². The molecule has 29 heavy (non-hydrogen) atoms. The Bertz CT molecular complexity index is 998. The third-order valence-corrected chi connectivity index (χ3v) is 5.18. The van der Waals surface area contributed by atoms with Crippen LogP contribution in [0, 0.1) is 0 Å². The second-order valence-electron chi connectivity index (χ2n) is 6.87. The van der Waals surface area contributed by atoms with Gasteiger partial charge in [-0.3, -0.25) is 9.69 Å². The summed E-state index contributed by atoms with van der Waals surface area (Å²) in [6.07, 6.45) is 0. The van der Waals surface area contributed by atoms with Crippen LogP contribution in [-0.4, -0.2) is 43.0 Å². The molecule has 0 bridgehead atoms. The Labute approximate surface area is 168 Å².